The number of allylic oxidation sites excluding steroid dienone is 1. The highest BCUT2D eigenvalue weighted by atomic mass is 16.6. The van der Waals surface area contributed by atoms with E-state index in [-0.39, 0.29) is 17.8 Å². The van der Waals surface area contributed by atoms with Gasteiger partial charge in [0.05, 0.1) is 12.0 Å². The molecule has 0 spiro atoms. The van der Waals surface area contributed by atoms with Crippen molar-refractivity contribution in [2.24, 2.45) is 17.8 Å². The van der Waals surface area contributed by atoms with Crippen LogP contribution in [-0.4, -0.2) is 22.8 Å². The van der Waals surface area contributed by atoms with Crippen LogP contribution in [0.1, 0.15) is 60.8 Å². The highest BCUT2D eigenvalue weighted by Gasteiger charge is 2.48. The quantitative estimate of drug-likeness (QED) is 0.782. The van der Waals surface area contributed by atoms with Gasteiger partial charge in [0.2, 0.25) is 0 Å². The lowest BCUT2D eigenvalue weighted by Gasteiger charge is -2.44. The summed E-state index contributed by atoms with van der Waals surface area (Å²) >= 11 is 0. The minimum absolute atomic E-state index is 0.0986. The molecule has 1 aliphatic heterocycles. The Labute approximate surface area is 123 Å². The van der Waals surface area contributed by atoms with E-state index in [9.17, 15) is 9.90 Å². The van der Waals surface area contributed by atoms with Crippen LogP contribution < -0.4 is 0 Å². The first kappa shape index (κ1) is 17.4. The SMILES string of the molecule is CCCC(C)/C=C(\C)[C@@H]1OC(O)(CC)[C@@H](C)C(=O)[C@H]1C. The third-order valence-corrected chi connectivity index (χ3v) is 4.58. The predicted molar refractivity (Wildman–Crippen MR) is 81.3 cm³/mol. The van der Waals surface area contributed by atoms with Gasteiger partial charge in [-0.05, 0) is 31.3 Å². The molecule has 20 heavy (non-hydrogen) atoms. The van der Waals surface area contributed by atoms with Crippen molar-refractivity contribution < 1.29 is 14.6 Å². The summed E-state index contributed by atoms with van der Waals surface area (Å²) in [6, 6.07) is 0. The average molecular weight is 282 g/mol. The van der Waals surface area contributed by atoms with E-state index in [4.69, 9.17) is 4.74 Å². The Morgan fingerprint density at radius 2 is 2.05 bits per heavy atom. The molecule has 0 radical (unpaired) electrons. The summed E-state index contributed by atoms with van der Waals surface area (Å²) in [5.74, 6) is -1.40. The molecule has 1 heterocycles. The lowest BCUT2D eigenvalue weighted by molar-refractivity contribution is -0.271. The van der Waals surface area contributed by atoms with E-state index in [1.807, 2.05) is 20.8 Å². The van der Waals surface area contributed by atoms with E-state index in [0.29, 0.717) is 12.3 Å². The van der Waals surface area contributed by atoms with Gasteiger partial charge in [-0.25, -0.2) is 0 Å². The molecule has 0 aliphatic carbocycles. The molecule has 1 rings (SSSR count). The van der Waals surface area contributed by atoms with Gasteiger partial charge in [0.15, 0.2) is 5.79 Å². The number of carbonyl (C=O) groups is 1. The van der Waals surface area contributed by atoms with Crippen LogP contribution in [-0.2, 0) is 9.53 Å². The maximum absolute atomic E-state index is 12.4. The number of aliphatic hydroxyl groups is 1. The normalized spacial score (nSPS) is 37.0. The molecule has 0 aromatic rings. The summed E-state index contributed by atoms with van der Waals surface area (Å²) in [4.78, 5) is 12.4. The Morgan fingerprint density at radius 3 is 2.55 bits per heavy atom. The van der Waals surface area contributed by atoms with Crippen LogP contribution >= 0.6 is 0 Å². The summed E-state index contributed by atoms with van der Waals surface area (Å²) < 4.78 is 5.93. The Balaban J connectivity index is 2.96. The maximum Gasteiger partial charge on any atom is 0.175 e. The van der Waals surface area contributed by atoms with Gasteiger partial charge in [-0.3, -0.25) is 4.79 Å². The first-order valence-corrected chi connectivity index (χ1v) is 7.89. The van der Waals surface area contributed by atoms with Gasteiger partial charge in [0.25, 0.3) is 0 Å². The zero-order chi connectivity index (χ0) is 15.5. The summed E-state index contributed by atoms with van der Waals surface area (Å²) in [7, 11) is 0. The zero-order valence-electron chi connectivity index (χ0n) is 13.8. The molecule has 116 valence electrons. The molecular formula is C17H30O3. The molecule has 3 nitrogen and oxygen atoms in total. The van der Waals surface area contributed by atoms with Crippen LogP contribution in [0.3, 0.4) is 0 Å². The molecule has 0 saturated carbocycles. The van der Waals surface area contributed by atoms with Gasteiger partial charge in [-0.1, -0.05) is 47.1 Å². The lowest BCUT2D eigenvalue weighted by atomic mass is 9.79. The maximum atomic E-state index is 12.4. The molecule has 1 aliphatic rings. The number of carbonyl (C=O) groups excluding carboxylic acids is 1. The first-order chi connectivity index (χ1) is 9.26. The van der Waals surface area contributed by atoms with Crippen LogP contribution in [0.5, 0.6) is 0 Å². The minimum Gasteiger partial charge on any atom is -0.365 e. The van der Waals surface area contributed by atoms with Gasteiger partial charge in [0.1, 0.15) is 5.78 Å². The van der Waals surface area contributed by atoms with Crippen molar-refractivity contribution in [1.29, 1.82) is 0 Å². The monoisotopic (exact) mass is 282 g/mol. The molecule has 0 amide bonds. The topological polar surface area (TPSA) is 46.5 Å². The molecule has 0 aromatic carbocycles. The van der Waals surface area contributed by atoms with E-state index in [2.05, 4.69) is 19.9 Å². The molecule has 2 unspecified atom stereocenters. The Hall–Kier alpha value is -0.670. The Kier molecular flexibility index (Phi) is 5.96. The predicted octanol–water partition coefficient (Wildman–Crippen LogP) is 3.71. The van der Waals surface area contributed by atoms with Crippen LogP contribution in [0.2, 0.25) is 0 Å². The van der Waals surface area contributed by atoms with Gasteiger partial charge < -0.3 is 9.84 Å². The van der Waals surface area contributed by atoms with Crippen molar-refractivity contribution in [1.82, 2.24) is 0 Å². The molecular weight excluding hydrogens is 252 g/mol. The molecule has 1 N–H and O–H groups in total. The van der Waals surface area contributed by atoms with Crippen molar-refractivity contribution in [2.45, 2.75) is 72.7 Å². The van der Waals surface area contributed by atoms with Crippen molar-refractivity contribution in [2.75, 3.05) is 0 Å². The van der Waals surface area contributed by atoms with E-state index in [1.54, 1.807) is 6.92 Å². The molecule has 3 heteroatoms. The highest BCUT2D eigenvalue weighted by molar-refractivity contribution is 5.85. The van der Waals surface area contributed by atoms with E-state index >= 15 is 0 Å². The molecule has 1 fully saturated rings. The van der Waals surface area contributed by atoms with Crippen LogP contribution in [0.25, 0.3) is 0 Å². The number of ketones is 1. The second-order valence-electron chi connectivity index (χ2n) is 6.33. The lowest BCUT2D eigenvalue weighted by Crippen LogP contribution is -2.55. The van der Waals surface area contributed by atoms with Crippen molar-refractivity contribution in [3.8, 4) is 0 Å². The summed E-state index contributed by atoms with van der Waals surface area (Å²) in [5.41, 5.74) is 1.06. The van der Waals surface area contributed by atoms with Crippen molar-refractivity contribution in [3.63, 3.8) is 0 Å². The summed E-state index contributed by atoms with van der Waals surface area (Å²) in [6.45, 7) is 11.9. The second kappa shape index (κ2) is 6.86. The minimum atomic E-state index is -1.32. The number of Topliss-reactive ketones (excluding diaryl/α,β-unsaturated/α-hetero) is 1. The van der Waals surface area contributed by atoms with Gasteiger partial charge in [-0.2, -0.15) is 0 Å². The van der Waals surface area contributed by atoms with Gasteiger partial charge >= 0.3 is 0 Å². The van der Waals surface area contributed by atoms with Crippen LogP contribution in [0, 0.1) is 17.8 Å². The standard InChI is InChI=1S/C17H30O3/c1-7-9-11(3)10-12(4)16-13(5)15(18)14(6)17(19,8-2)20-16/h10-11,13-14,16,19H,7-9H2,1-6H3/b12-10+/t11?,13-,14+,16+,17?/m1/s1. The number of hydrogen-bond donors (Lipinski definition) is 1. The van der Waals surface area contributed by atoms with Crippen molar-refractivity contribution in [3.05, 3.63) is 11.6 Å². The Bertz CT molecular complexity index is 374. The summed E-state index contributed by atoms with van der Waals surface area (Å²) in [5, 5.41) is 10.5. The second-order valence-corrected chi connectivity index (χ2v) is 6.33. The fourth-order valence-corrected chi connectivity index (χ4v) is 3.15. The summed E-state index contributed by atoms with van der Waals surface area (Å²) in [6.07, 6.45) is 4.58. The van der Waals surface area contributed by atoms with Gasteiger partial charge in [-0.15, -0.1) is 0 Å². The van der Waals surface area contributed by atoms with Crippen LogP contribution in [0.15, 0.2) is 11.6 Å². The third-order valence-electron chi connectivity index (χ3n) is 4.58. The average Bonchev–Trinajstić information content (AvgIpc) is 2.40. The van der Waals surface area contributed by atoms with E-state index < -0.39 is 11.7 Å². The highest BCUT2D eigenvalue weighted by Crippen LogP contribution is 2.38. The van der Waals surface area contributed by atoms with Gasteiger partial charge in [0, 0.05) is 5.92 Å². The number of ether oxygens (including phenoxy) is 1. The van der Waals surface area contributed by atoms with E-state index in [1.165, 1.54) is 0 Å². The zero-order valence-corrected chi connectivity index (χ0v) is 13.8. The first-order valence-electron chi connectivity index (χ1n) is 7.89. The fraction of sp³-hybridized carbons (Fsp3) is 0.824. The molecule has 0 bridgehead atoms. The number of rotatable bonds is 5. The van der Waals surface area contributed by atoms with Crippen molar-refractivity contribution >= 4 is 5.78 Å². The largest absolute Gasteiger partial charge is 0.365 e. The smallest absolute Gasteiger partial charge is 0.175 e. The molecule has 0 aromatic heterocycles. The Morgan fingerprint density at radius 1 is 1.45 bits per heavy atom. The third kappa shape index (κ3) is 3.50. The number of hydrogen-bond acceptors (Lipinski definition) is 3. The van der Waals surface area contributed by atoms with Crippen LogP contribution in [0.4, 0.5) is 0 Å². The van der Waals surface area contributed by atoms with E-state index in [0.717, 1.165) is 18.4 Å². The molecule has 1 saturated heterocycles. The molecule has 5 atom stereocenters. The fourth-order valence-electron chi connectivity index (χ4n) is 3.15.